The Kier molecular flexibility index (Phi) is 6.13. The average Bonchev–Trinajstić information content (AvgIpc) is 3.16. The van der Waals surface area contributed by atoms with Gasteiger partial charge in [0.2, 0.25) is 0 Å². The maximum atomic E-state index is 6.38. The summed E-state index contributed by atoms with van der Waals surface area (Å²) in [7, 11) is 0. The highest BCUT2D eigenvalue weighted by molar-refractivity contribution is 6.30. The van der Waals surface area contributed by atoms with Crippen LogP contribution in [0.1, 0.15) is 68.9 Å². The van der Waals surface area contributed by atoms with E-state index in [1.165, 1.54) is 62.6 Å². The van der Waals surface area contributed by atoms with Crippen LogP contribution in [-0.4, -0.2) is 23.7 Å². The summed E-state index contributed by atoms with van der Waals surface area (Å²) in [4.78, 5) is 4.30. The van der Waals surface area contributed by atoms with Crippen LogP contribution in [0.5, 0.6) is 0 Å². The first-order valence-electron chi connectivity index (χ1n) is 11.0. The van der Waals surface area contributed by atoms with Gasteiger partial charge in [0, 0.05) is 30.5 Å². The summed E-state index contributed by atoms with van der Waals surface area (Å²) in [5.41, 5.74) is 4.22. The van der Waals surface area contributed by atoms with E-state index < -0.39 is 0 Å². The molecule has 28 heavy (non-hydrogen) atoms. The highest BCUT2D eigenvalue weighted by atomic mass is 35.5. The number of dihydropyridines is 1. The van der Waals surface area contributed by atoms with Crippen LogP contribution in [-0.2, 0) is 11.2 Å². The number of ether oxygens (including phenoxy) is 1. The average molecular weight is 401 g/mol. The lowest BCUT2D eigenvalue weighted by Crippen LogP contribution is -2.47. The molecule has 1 spiro atoms. The largest absolute Gasteiger partial charge is 0.384 e. The molecule has 1 aliphatic carbocycles. The van der Waals surface area contributed by atoms with Crippen molar-refractivity contribution in [3.63, 3.8) is 0 Å². The Balaban J connectivity index is 1.43. The molecule has 3 nitrogen and oxygen atoms in total. The molecule has 4 rings (SSSR count). The Morgan fingerprint density at radius 2 is 2.07 bits per heavy atom. The van der Waals surface area contributed by atoms with Gasteiger partial charge in [-0.2, -0.15) is 0 Å². The predicted molar refractivity (Wildman–Crippen MR) is 116 cm³/mol. The molecule has 0 bridgehead atoms. The fourth-order valence-electron chi connectivity index (χ4n) is 5.51. The molecule has 1 atom stereocenters. The summed E-state index contributed by atoms with van der Waals surface area (Å²) in [5, 5.41) is 4.32. The molecule has 3 aliphatic rings. The van der Waals surface area contributed by atoms with Crippen LogP contribution in [0.3, 0.4) is 0 Å². The first-order valence-corrected chi connectivity index (χ1v) is 11.3. The van der Waals surface area contributed by atoms with E-state index in [9.17, 15) is 0 Å². The van der Waals surface area contributed by atoms with Crippen LogP contribution in [0.2, 0.25) is 5.15 Å². The number of hydrogen-bond donors (Lipinski definition) is 1. The van der Waals surface area contributed by atoms with Crippen molar-refractivity contribution in [3.05, 3.63) is 52.5 Å². The molecule has 3 heterocycles. The second kappa shape index (κ2) is 8.59. The van der Waals surface area contributed by atoms with Gasteiger partial charge >= 0.3 is 0 Å². The molecular weight excluding hydrogens is 368 g/mol. The van der Waals surface area contributed by atoms with Gasteiger partial charge in [-0.3, -0.25) is 0 Å². The zero-order chi connectivity index (χ0) is 19.5. The smallest absolute Gasteiger partial charge is 0.131 e. The highest BCUT2D eigenvalue weighted by Gasteiger charge is 2.48. The topological polar surface area (TPSA) is 34.1 Å². The lowest BCUT2D eigenvalue weighted by Gasteiger charge is -2.48. The van der Waals surface area contributed by atoms with E-state index in [0.29, 0.717) is 5.15 Å². The van der Waals surface area contributed by atoms with Gasteiger partial charge in [-0.15, -0.1) is 0 Å². The van der Waals surface area contributed by atoms with Gasteiger partial charge in [0.05, 0.1) is 5.60 Å². The van der Waals surface area contributed by atoms with Crippen LogP contribution in [0.15, 0.2) is 36.2 Å². The van der Waals surface area contributed by atoms with E-state index >= 15 is 0 Å². The van der Waals surface area contributed by atoms with Gasteiger partial charge in [-0.25, -0.2) is 4.98 Å². The zero-order valence-corrected chi connectivity index (χ0v) is 17.9. The number of aromatic nitrogens is 1. The number of nitrogens with one attached hydrogen (secondary N) is 1. The fourth-order valence-corrected chi connectivity index (χ4v) is 5.61. The van der Waals surface area contributed by atoms with Gasteiger partial charge in [0.25, 0.3) is 0 Å². The maximum Gasteiger partial charge on any atom is 0.131 e. The minimum Gasteiger partial charge on any atom is -0.384 e. The molecule has 4 heteroatoms. The highest BCUT2D eigenvalue weighted by Crippen LogP contribution is 2.52. The SMILES string of the molecule is Cc1cc(CCCC[C@@]2(C3=CC=CCN3)CCOC3(CCCC3)C2)cnc1Cl. The third-order valence-electron chi connectivity index (χ3n) is 6.99. The number of aryl methyl sites for hydroxylation is 2. The standard InChI is InChI=1S/C24H33ClN2O/c1-19-16-20(17-27-22(19)25)8-2-4-10-23(21-9-3-7-14-26-21)13-15-28-24(18-23)11-5-6-12-24/h3,7,9,16-17,26H,2,4-6,8,10-15,18H2,1H3/t23-/m1/s1. The summed E-state index contributed by atoms with van der Waals surface area (Å²) >= 11 is 6.07. The quantitative estimate of drug-likeness (QED) is 0.476. The molecule has 0 aromatic carbocycles. The molecule has 152 valence electrons. The van der Waals surface area contributed by atoms with E-state index in [0.717, 1.165) is 31.6 Å². The first kappa shape index (κ1) is 20.0. The lowest BCUT2D eigenvalue weighted by atomic mass is 9.66. The molecule has 0 amide bonds. The molecule has 1 saturated heterocycles. The van der Waals surface area contributed by atoms with Gasteiger partial charge in [0.1, 0.15) is 5.15 Å². The number of pyridine rings is 1. The van der Waals surface area contributed by atoms with Crippen LogP contribution in [0, 0.1) is 12.3 Å². The minimum absolute atomic E-state index is 0.138. The van der Waals surface area contributed by atoms with E-state index in [4.69, 9.17) is 16.3 Å². The normalized spacial score (nSPS) is 26.3. The van der Waals surface area contributed by atoms with E-state index in [1.54, 1.807) is 0 Å². The number of halogens is 1. The summed E-state index contributed by atoms with van der Waals surface area (Å²) in [5.74, 6) is 0. The lowest BCUT2D eigenvalue weighted by molar-refractivity contribution is -0.116. The Morgan fingerprint density at radius 1 is 1.21 bits per heavy atom. The predicted octanol–water partition coefficient (Wildman–Crippen LogP) is 5.91. The van der Waals surface area contributed by atoms with Crippen molar-refractivity contribution in [2.24, 2.45) is 5.41 Å². The molecule has 0 unspecified atom stereocenters. The van der Waals surface area contributed by atoms with E-state index in [1.807, 2.05) is 13.1 Å². The number of rotatable bonds is 6. The fraction of sp³-hybridized carbons (Fsp3) is 0.625. The van der Waals surface area contributed by atoms with Gasteiger partial charge in [-0.05, 0) is 69.1 Å². The Labute approximate surface area is 174 Å². The molecule has 1 saturated carbocycles. The summed E-state index contributed by atoms with van der Waals surface area (Å²) < 4.78 is 6.38. The van der Waals surface area contributed by atoms with Crippen molar-refractivity contribution in [1.82, 2.24) is 10.3 Å². The molecule has 2 aliphatic heterocycles. The molecule has 1 aromatic rings. The van der Waals surface area contributed by atoms with Crippen LogP contribution >= 0.6 is 11.6 Å². The Morgan fingerprint density at radius 3 is 2.82 bits per heavy atom. The van der Waals surface area contributed by atoms with Crippen LogP contribution in [0.4, 0.5) is 0 Å². The second-order valence-electron chi connectivity index (χ2n) is 8.99. The minimum atomic E-state index is 0.138. The van der Waals surface area contributed by atoms with Gasteiger partial charge in [0.15, 0.2) is 0 Å². The Hall–Kier alpha value is -1.32. The van der Waals surface area contributed by atoms with Crippen LogP contribution in [0.25, 0.3) is 0 Å². The number of nitrogens with zero attached hydrogens (tertiary/aromatic N) is 1. The first-order chi connectivity index (χ1) is 13.6. The molecule has 0 radical (unpaired) electrons. The van der Waals surface area contributed by atoms with Gasteiger partial charge < -0.3 is 10.1 Å². The molecule has 1 aromatic heterocycles. The third-order valence-corrected chi connectivity index (χ3v) is 7.38. The number of allylic oxidation sites excluding steroid dienone is 3. The number of hydrogen-bond acceptors (Lipinski definition) is 3. The van der Waals surface area contributed by atoms with Crippen molar-refractivity contribution in [3.8, 4) is 0 Å². The summed E-state index contributed by atoms with van der Waals surface area (Å²) in [6.07, 6.45) is 20.9. The maximum absolute atomic E-state index is 6.38. The zero-order valence-electron chi connectivity index (χ0n) is 17.1. The molecule has 2 fully saturated rings. The van der Waals surface area contributed by atoms with E-state index in [2.05, 4.69) is 34.6 Å². The monoisotopic (exact) mass is 400 g/mol. The van der Waals surface area contributed by atoms with Crippen molar-refractivity contribution in [2.45, 2.75) is 76.7 Å². The van der Waals surface area contributed by atoms with Crippen molar-refractivity contribution >= 4 is 11.6 Å². The van der Waals surface area contributed by atoms with Crippen molar-refractivity contribution in [2.75, 3.05) is 13.2 Å². The molecule has 1 N–H and O–H groups in total. The summed E-state index contributed by atoms with van der Waals surface area (Å²) in [6.45, 7) is 3.89. The number of unbranched alkanes of at least 4 members (excludes halogenated alkanes) is 1. The third kappa shape index (κ3) is 4.31. The summed E-state index contributed by atoms with van der Waals surface area (Å²) in [6, 6.07) is 2.18. The van der Waals surface area contributed by atoms with Crippen molar-refractivity contribution < 1.29 is 4.74 Å². The van der Waals surface area contributed by atoms with E-state index in [-0.39, 0.29) is 11.0 Å². The van der Waals surface area contributed by atoms with Crippen LogP contribution < -0.4 is 5.32 Å². The van der Waals surface area contributed by atoms with Crippen molar-refractivity contribution in [1.29, 1.82) is 0 Å². The molecular formula is C24H33ClN2O. The second-order valence-corrected chi connectivity index (χ2v) is 9.35. The van der Waals surface area contributed by atoms with Gasteiger partial charge in [-0.1, -0.05) is 49.1 Å². The Bertz CT molecular complexity index is 751.